The maximum Gasteiger partial charge on any atom is 0.0345 e. The van der Waals surface area contributed by atoms with Gasteiger partial charge in [0.05, 0.1) is 0 Å². The molecule has 116 valence electrons. The van der Waals surface area contributed by atoms with E-state index in [1.807, 2.05) is 0 Å². The van der Waals surface area contributed by atoms with Gasteiger partial charge in [-0.2, -0.15) is 0 Å². The largest absolute Gasteiger partial charge is 0.312 e. The summed E-state index contributed by atoms with van der Waals surface area (Å²) in [6, 6.07) is 10.5. The molecule has 0 spiro atoms. The first-order valence-electron chi connectivity index (χ1n) is 8.30. The first kappa shape index (κ1) is 15.0. The van der Waals surface area contributed by atoms with Gasteiger partial charge in [-0.15, -0.1) is 0 Å². The number of hydrogen-bond donors (Lipinski definition) is 1. The van der Waals surface area contributed by atoms with Gasteiger partial charge in [0, 0.05) is 38.3 Å². The molecular formula is C18H29N3. The lowest BCUT2D eigenvalue weighted by Gasteiger charge is -2.41. The molecule has 0 radical (unpaired) electrons. The van der Waals surface area contributed by atoms with Gasteiger partial charge < -0.3 is 10.2 Å². The Morgan fingerprint density at radius 2 is 1.81 bits per heavy atom. The highest BCUT2D eigenvalue weighted by molar-refractivity contribution is 5.26. The van der Waals surface area contributed by atoms with Gasteiger partial charge in [0.1, 0.15) is 0 Å². The number of benzene rings is 1. The summed E-state index contributed by atoms with van der Waals surface area (Å²) in [6.45, 7) is 6.88. The molecule has 1 N–H and O–H groups in total. The Morgan fingerprint density at radius 1 is 1.10 bits per heavy atom. The van der Waals surface area contributed by atoms with Crippen LogP contribution in [-0.2, 0) is 0 Å². The van der Waals surface area contributed by atoms with Gasteiger partial charge in [0.2, 0.25) is 0 Å². The third-order valence-corrected chi connectivity index (χ3v) is 5.31. The Hall–Kier alpha value is -0.900. The van der Waals surface area contributed by atoms with Crippen molar-refractivity contribution in [2.24, 2.45) is 0 Å². The molecule has 1 saturated carbocycles. The lowest BCUT2D eigenvalue weighted by molar-refractivity contribution is 0.107. The Morgan fingerprint density at radius 3 is 2.52 bits per heavy atom. The van der Waals surface area contributed by atoms with Gasteiger partial charge in [0.25, 0.3) is 0 Å². The molecule has 2 fully saturated rings. The minimum atomic E-state index is 0.669. The maximum absolute atomic E-state index is 3.78. The molecule has 2 aliphatic rings. The fourth-order valence-corrected chi connectivity index (χ4v) is 3.52. The SMILES string of the molecule is Cc1ccc(C2CC(NCC3CN(C)CCN3C)C2)cc1. The monoisotopic (exact) mass is 287 g/mol. The number of rotatable bonds is 4. The highest BCUT2D eigenvalue weighted by atomic mass is 15.3. The lowest BCUT2D eigenvalue weighted by Crippen LogP contribution is -2.55. The van der Waals surface area contributed by atoms with Crippen molar-refractivity contribution in [3.05, 3.63) is 35.4 Å². The smallest absolute Gasteiger partial charge is 0.0345 e. The van der Waals surface area contributed by atoms with Crippen LogP contribution >= 0.6 is 0 Å². The summed E-state index contributed by atoms with van der Waals surface area (Å²) in [5.74, 6) is 0.773. The Balaban J connectivity index is 1.41. The molecule has 1 aliphatic carbocycles. The summed E-state index contributed by atoms with van der Waals surface area (Å²) in [4.78, 5) is 4.95. The average Bonchev–Trinajstić information content (AvgIpc) is 2.42. The normalized spacial score (nSPS) is 31.1. The molecule has 1 unspecified atom stereocenters. The van der Waals surface area contributed by atoms with Crippen molar-refractivity contribution in [2.45, 2.75) is 37.8 Å². The van der Waals surface area contributed by atoms with Gasteiger partial charge >= 0.3 is 0 Å². The Kier molecular flexibility index (Phi) is 4.63. The second-order valence-corrected chi connectivity index (χ2v) is 7.08. The molecule has 3 heteroatoms. The molecule has 0 bridgehead atoms. The predicted molar refractivity (Wildman–Crippen MR) is 88.9 cm³/mol. The van der Waals surface area contributed by atoms with Crippen molar-refractivity contribution in [2.75, 3.05) is 40.3 Å². The van der Waals surface area contributed by atoms with Crippen LogP contribution in [0.1, 0.15) is 29.9 Å². The third-order valence-electron chi connectivity index (χ3n) is 5.31. The molecule has 1 saturated heterocycles. The molecule has 1 atom stereocenters. The van der Waals surface area contributed by atoms with Crippen molar-refractivity contribution < 1.29 is 0 Å². The highest BCUT2D eigenvalue weighted by Crippen LogP contribution is 2.36. The molecule has 21 heavy (non-hydrogen) atoms. The minimum Gasteiger partial charge on any atom is -0.312 e. The van der Waals surface area contributed by atoms with E-state index in [1.165, 1.54) is 43.6 Å². The first-order valence-corrected chi connectivity index (χ1v) is 8.30. The lowest BCUT2D eigenvalue weighted by atomic mass is 9.75. The number of nitrogens with one attached hydrogen (secondary N) is 1. The highest BCUT2D eigenvalue weighted by Gasteiger charge is 2.31. The zero-order valence-corrected chi connectivity index (χ0v) is 13.7. The van der Waals surface area contributed by atoms with Crippen LogP contribution in [0.3, 0.4) is 0 Å². The zero-order chi connectivity index (χ0) is 14.8. The quantitative estimate of drug-likeness (QED) is 0.915. The van der Waals surface area contributed by atoms with Crippen LogP contribution in [0.5, 0.6) is 0 Å². The number of nitrogens with zero attached hydrogens (tertiary/aromatic N) is 2. The summed E-state index contributed by atoms with van der Waals surface area (Å²) in [7, 11) is 4.49. The third kappa shape index (κ3) is 3.65. The molecular weight excluding hydrogens is 258 g/mol. The summed E-state index contributed by atoms with van der Waals surface area (Å²) in [6.07, 6.45) is 2.60. The fourth-order valence-electron chi connectivity index (χ4n) is 3.52. The Labute approximate surface area is 129 Å². The van der Waals surface area contributed by atoms with Crippen molar-refractivity contribution in [1.29, 1.82) is 0 Å². The van der Waals surface area contributed by atoms with Gasteiger partial charge in [-0.05, 0) is 45.3 Å². The van der Waals surface area contributed by atoms with Crippen LogP contribution in [0, 0.1) is 6.92 Å². The molecule has 1 heterocycles. The first-order chi connectivity index (χ1) is 10.1. The average molecular weight is 287 g/mol. The van der Waals surface area contributed by atoms with Crippen LogP contribution in [0.4, 0.5) is 0 Å². The molecule has 0 amide bonds. The van der Waals surface area contributed by atoms with Crippen molar-refractivity contribution in [3.8, 4) is 0 Å². The van der Waals surface area contributed by atoms with E-state index in [2.05, 4.69) is 60.4 Å². The van der Waals surface area contributed by atoms with E-state index in [0.717, 1.165) is 18.5 Å². The number of hydrogen-bond acceptors (Lipinski definition) is 3. The van der Waals surface area contributed by atoms with E-state index in [-0.39, 0.29) is 0 Å². The molecule has 1 aromatic rings. The van der Waals surface area contributed by atoms with Crippen molar-refractivity contribution in [1.82, 2.24) is 15.1 Å². The van der Waals surface area contributed by atoms with Gasteiger partial charge in [-0.25, -0.2) is 0 Å². The van der Waals surface area contributed by atoms with Crippen molar-refractivity contribution >= 4 is 0 Å². The summed E-state index contributed by atoms with van der Waals surface area (Å²) < 4.78 is 0. The van der Waals surface area contributed by atoms with Gasteiger partial charge in [-0.3, -0.25) is 4.90 Å². The molecule has 3 rings (SSSR count). The zero-order valence-electron chi connectivity index (χ0n) is 13.7. The van der Waals surface area contributed by atoms with E-state index in [4.69, 9.17) is 0 Å². The second kappa shape index (κ2) is 6.47. The Bertz CT molecular complexity index is 450. The van der Waals surface area contributed by atoms with E-state index in [0.29, 0.717) is 6.04 Å². The summed E-state index contributed by atoms with van der Waals surface area (Å²) in [5.41, 5.74) is 2.88. The standard InChI is InChI=1S/C18H29N3/c1-14-4-6-15(7-5-14)16-10-17(11-16)19-12-18-13-20(2)8-9-21(18)3/h4-7,16-19H,8-13H2,1-3H3. The minimum absolute atomic E-state index is 0.669. The predicted octanol–water partition coefficient (Wildman–Crippen LogP) is 2.08. The summed E-state index contributed by atoms with van der Waals surface area (Å²) >= 11 is 0. The number of aryl methyl sites for hydroxylation is 1. The van der Waals surface area contributed by atoms with E-state index < -0.39 is 0 Å². The van der Waals surface area contributed by atoms with E-state index in [9.17, 15) is 0 Å². The van der Waals surface area contributed by atoms with E-state index >= 15 is 0 Å². The van der Waals surface area contributed by atoms with Crippen LogP contribution in [-0.4, -0.2) is 62.2 Å². The topological polar surface area (TPSA) is 18.5 Å². The van der Waals surface area contributed by atoms with Gasteiger partial charge in [-0.1, -0.05) is 29.8 Å². The van der Waals surface area contributed by atoms with Crippen LogP contribution in [0.15, 0.2) is 24.3 Å². The molecule has 0 aromatic heterocycles. The van der Waals surface area contributed by atoms with E-state index in [1.54, 1.807) is 0 Å². The number of piperazine rings is 1. The van der Waals surface area contributed by atoms with Crippen molar-refractivity contribution in [3.63, 3.8) is 0 Å². The maximum atomic E-state index is 3.78. The molecule has 3 nitrogen and oxygen atoms in total. The summed E-state index contributed by atoms with van der Waals surface area (Å²) in [5, 5.41) is 3.78. The molecule has 1 aliphatic heterocycles. The molecule has 1 aromatic carbocycles. The van der Waals surface area contributed by atoms with Gasteiger partial charge in [0.15, 0.2) is 0 Å². The second-order valence-electron chi connectivity index (χ2n) is 7.08. The fraction of sp³-hybridized carbons (Fsp3) is 0.667. The number of likely N-dealkylation sites (N-methyl/N-ethyl adjacent to an activating group) is 2. The van der Waals surface area contributed by atoms with Crippen LogP contribution in [0.25, 0.3) is 0 Å². The van der Waals surface area contributed by atoms with Crippen LogP contribution < -0.4 is 5.32 Å². The van der Waals surface area contributed by atoms with Crippen LogP contribution in [0.2, 0.25) is 0 Å².